The van der Waals surface area contributed by atoms with Gasteiger partial charge in [0, 0.05) is 25.3 Å². The highest BCUT2D eigenvalue weighted by atomic mass is 35.5. The molecule has 148 valence electrons. The molecule has 3 aromatic rings. The molecule has 1 fully saturated rings. The van der Waals surface area contributed by atoms with Crippen LogP contribution in [-0.2, 0) is 11.3 Å². The van der Waals surface area contributed by atoms with Crippen LogP contribution in [0.5, 0.6) is 0 Å². The summed E-state index contributed by atoms with van der Waals surface area (Å²) in [6.07, 6.45) is 4.70. The van der Waals surface area contributed by atoms with Gasteiger partial charge in [-0.3, -0.25) is 4.98 Å². The van der Waals surface area contributed by atoms with Crippen LogP contribution in [0.4, 0.5) is 0 Å². The first-order valence-corrected chi connectivity index (χ1v) is 9.43. The Balaban J connectivity index is 0.00000225. The molecule has 6 nitrogen and oxygen atoms in total. The Labute approximate surface area is 171 Å². The van der Waals surface area contributed by atoms with Gasteiger partial charge in [-0.25, -0.2) is 9.67 Å². The van der Waals surface area contributed by atoms with Gasteiger partial charge in [-0.1, -0.05) is 36.4 Å². The molecule has 1 aromatic carbocycles. The Morgan fingerprint density at radius 1 is 1.11 bits per heavy atom. The zero-order valence-electron chi connectivity index (χ0n) is 15.9. The molecule has 2 heterocycles. The number of aromatic nitrogens is 4. The quantitative estimate of drug-likeness (QED) is 0.711. The summed E-state index contributed by atoms with van der Waals surface area (Å²) in [6.45, 7) is 0.690. The highest BCUT2D eigenvalue weighted by Crippen LogP contribution is 2.33. The van der Waals surface area contributed by atoms with Crippen LogP contribution >= 0.6 is 12.4 Å². The van der Waals surface area contributed by atoms with Crippen LogP contribution in [0.15, 0.2) is 54.7 Å². The van der Waals surface area contributed by atoms with E-state index in [2.05, 4.69) is 17.1 Å². The number of ether oxygens (including phenoxy) is 1. The minimum absolute atomic E-state index is 0. The van der Waals surface area contributed by atoms with E-state index in [0.717, 1.165) is 30.8 Å². The number of nitrogens with zero attached hydrogens (tertiary/aromatic N) is 4. The second-order valence-corrected chi connectivity index (χ2v) is 7.10. The largest absolute Gasteiger partial charge is 0.380 e. The van der Waals surface area contributed by atoms with Gasteiger partial charge in [0.1, 0.15) is 11.5 Å². The van der Waals surface area contributed by atoms with Gasteiger partial charge < -0.3 is 10.5 Å². The van der Waals surface area contributed by atoms with E-state index in [4.69, 9.17) is 20.6 Å². The van der Waals surface area contributed by atoms with E-state index in [1.165, 1.54) is 5.56 Å². The van der Waals surface area contributed by atoms with Crippen LogP contribution in [-0.4, -0.2) is 39.0 Å². The Hall–Kier alpha value is -2.28. The average Bonchev–Trinajstić information content (AvgIpc) is 3.13. The van der Waals surface area contributed by atoms with Gasteiger partial charge in [-0.05, 0) is 37.0 Å². The predicted octanol–water partition coefficient (Wildman–Crippen LogP) is 3.42. The molecule has 1 saturated carbocycles. The minimum Gasteiger partial charge on any atom is -0.380 e. The molecule has 2 aromatic heterocycles. The van der Waals surface area contributed by atoms with Gasteiger partial charge in [0.05, 0.1) is 12.6 Å². The van der Waals surface area contributed by atoms with E-state index in [-0.39, 0.29) is 30.5 Å². The molecule has 0 spiro atoms. The van der Waals surface area contributed by atoms with Gasteiger partial charge in [0.25, 0.3) is 0 Å². The lowest BCUT2D eigenvalue weighted by atomic mass is 9.83. The van der Waals surface area contributed by atoms with Crippen LogP contribution in [0.25, 0.3) is 11.5 Å². The summed E-state index contributed by atoms with van der Waals surface area (Å²) in [5, 5.41) is 4.79. The summed E-state index contributed by atoms with van der Waals surface area (Å²) in [5.41, 5.74) is 8.34. The number of benzene rings is 1. The zero-order valence-corrected chi connectivity index (χ0v) is 16.8. The first-order valence-electron chi connectivity index (χ1n) is 9.43. The van der Waals surface area contributed by atoms with E-state index >= 15 is 0 Å². The van der Waals surface area contributed by atoms with Crippen molar-refractivity contribution in [2.45, 2.75) is 43.9 Å². The van der Waals surface area contributed by atoms with Crippen molar-refractivity contribution in [3.8, 4) is 11.5 Å². The molecule has 1 aliphatic rings. The van der Waals surface area contributed by atoms with Crippen LogP contribution < -0.4 is 5.73 Å². The van der Waals surface area contributed by atoms with Gasteiger partial charge in [0.15, 0.2) is 5.82 Å². The maximum absolute atomic E-state index is 6.34. The van der Waals surface area contributed by atoms with Gasteiger partial charge in [0.2, 0.25) is 0 Å². The molecule has 0 amide bonds. The summed E-state index contributed by atoms with van der Waals surface area (Å²) in [6, 6.07) is 16.2. The second kappa shape index (κ2) is 9.28. The average molecular weight is 400 g/mol. The lowest BCUT2D eigenvalue weighted by Crippen LogP contribution is -2.41. The molecule has 0 aliphatic heterocycles. The Kier molecular flexibility index (Phi) is 6.78. The standard InChI is InChI=1S/C21H25N5O.ClH/c1-27-19-11-10-16(13-17(19)22)21-24-20(18-9-5-6-12-23-18)25-26(21)14-15-7-3-2-4-8-15;/h2-9,12,16-17,19H,10-11,13-14,22H2,1H3;1H/t16-,17+,19+;/m0./s1. The molecule has 3 atom stereocenters. The van der Waals surface area contributed by atoms with Crippen molar-refractivity contribution in [3.63, 3.8) is 0 Å². The lowest BCUT2D eigenvalue weighted by molar-refractivity contribution is 0.0480. The van der Waals surface area contributed by atoms with E-state index in [1.807, 2.05) is 41.1 Å². The second-order valence-electron chi connectivity index (χ2n) is 7.10. The summed E-state index contributed by atoms with van der Waals surface area (Å²) < 4.78 is 7.53. The third-order valence-electron chi connectivity index (χ3n) is 5.27. The number of rotatable bonds is 5. The molecule has 1 aliphatic carbocycles. The molecule has 4 rings (SSSR count). The minimum atomic E-state index is 0. The monoisotopic (exact) mass is 399 g/mol. The van der Waals surface area contributed by atoms with E-state index in [1.54, 1.807) is 13.3 Å². The first kappa shape index (κ1) is 20.5. The molecule has 0 bridgehead atoms. The molecule has 0 saturated heterocycles. The predicted molar refractivity (Wildman–Crippen MR) is 111 cm³/mol. The number of nitrogens with two attached hydrogens (primary N) is 1. The zero-order chi connectivity index (χ0) is 18.6. The van der Waals surface area contributed by atoms with Gasteiger partial charge >= 0.3 is 0 Å². The first-order chi connectivity index (χ1) is 13.2. The van der Waals surface area contributed by atoms with Crippen molar-refractivity contribution < 1.29 is 4.74 Å². The third kappa shape index (κ3) is 4.41. The number of halogens is 1. The topological polar surface area (TPSA) is 78.9 Å². The highest BCUT2D eigenvalue weighted by Gasteiger charge is 2.32. The number of hydrogen-bond acceptors (Lipinski definition) is 5. The van der Waals surface area contributed by atoms with Crippen molar-refractivity contribution in [2.24, 2.45) is 5.73 Å². The molecular weight excluding hydrogens is 374 g/mol. The van der Waals surface area contributed by atoms with Crippen LogP contribution in [0, 0.1) is 0 Å². The van der Waals surface area contributed by atoms with Crippen molar-refractivity contribution in [2.75, 3.05) is 7.11 Å². The summed E-state index contributed by atoms with van der Waals surface area (Å²) in [4.78, 5) is 9.29. The van der Waals surface area contributed by atoms with Crippen LogP contribution in [0.2, 0.25) is 0 Å². The van der Waals surface area contributed by atoms with Crippen molar-refractivity contribution in [1.29, 1.82) is 0 Å². The molecule has 28 heavy (non-hydrogen) atoms. The third-order valence-corrected chi connectivity index (χ3v) is 5.27. The van der Waals surface area contributed by atoms with E-state index in [0.29, 0.717) is 12.4 Å². The summed E-state index contributed by atoms with van der Waals surface area (Å²) in [7, 11) is 1.74. The molecule has 7 heteroatoms. The normalized spacial score (nSPS) is 21.9. The fourth-order valence-corrected chi connectivity index (χ4v) is 3.84. The van der Waals surface area contributed by atoms with E-state index in [9.17, 15) is 0 Å². The van der Waals surface area contributed by atoms with Crippen LogP contribution in [0.1, 0.15) is 36.6 Å². The maximum Gasteiger partial charge on any atom is 0.200 e. The molecular formula is C21H26ClN5O. The van der Waals surface area contributed by atoms with Gasteiger partial charge in [-0.2, -0.15) is 0 Å². The number of methoxy groups -OCH3 is 1. The van der Waals surface area contributed by atoms with Crippen molar-refractivity contribution >= 4 is 12.4 Å². The lowest BCUT2D eigenvalue weighted by Gasteiger charge is -2.32. The highest BCUT2D eigenvalue weighted by molar-refractivity contribution is 5.85. The molecule has 0 radical (unpaired) electrons. The number of pyridine rings is 1. The van der Waals surface area contributed by atoms with Crippen LogP contribution in [0.3, 0.4) is 0 Å². The summed E-state index contributed by atoms with van der Waals surface area (Å²) in [5.74, 6) is 1.94. The van der Waals surface area contributed by atoms with Crippen molar-refractivity contribution in [1.82, 2.24) is 19.7 Å². The van der Waals surface area contributed by atoms with E-state index < -0.39 is 0 Å². The smallest absolute Gasteiger partial charge is 0.200 e. The SMILES string of the molecule is CO[C@@H]1CC[C@H](c2nc(-c3ccccn3)nn2Cc2ccccc2)C[C@H]1N.Cl. The maximum atomic E-state index is 6.34. The summed E-state index contributed by atoms with van der Waals surface area (Å²) >= 11 is 0. The molecule has 2 N–H and O–H groups in total. The fraction of sp³-hybridized carbons (Fsp3) is 0.381. The van der Waals surface area contributed by atoms with Gasteiger partial charge in [-0.15, -0.1) is 17.5 Å². The molecule has 0 unspecified atom stereocenters. The Morgan fingerprint density at radius 3 is 2.57 bits per heavy atom. The fourth-order valence-electron chi connectivity index (χ4n) is 3.84. The Bertz CT molecular complexity index is 871. The van der Waals surface area contributed by atoms with Crippen molar-refractivity contribution in [3.05, 3.63) is 66.1 Å². The number of hydrogen-bond donors (Lipinski definition) is 1. The Morgan fingerprint density at radius 2 is 1.89 bits per heavy atom.